The molecule has 0 aliphatic heterocycles. The van der Waals surface area contributed by atoms with Crippen LogP contribution in [0.1, 0.15) is 18.4 Å². The van der Waals surface area contributed by atoms with Crippen molar-refractivity contribution in [1.82, 2.24) is 4.98 Å². The lowest BCUT2D eigenvalue weighted by atomic mass is 9.63. The minimum absolute atomic E-state index is 0.0905. The zero-order chi connectivity index (χ0) is 19.2. The minimum atomic E-state index is -0.825. The second-order valence-electron chi connectivity index (χ2n) is 7.01. The van der Waals surface area contributed by atoms with Crippen LogP contribution in [0.3, 0.4) is 0 Å². The Morgan fingerprint density at radius 1 is 1.22 bits per heavy atom. The van der Waals surface area contributed by atoms with Crippen LogP contribution in [0.15, 0.2) is 51.4 Å². The molecule has 1 heterocycles. The van der Waals surface area contributed by atoms with Crippen molar-refractivity contribution in [3.63, 3.8) is 0 Å². The van der Waals surface area contributed by atoms with Crippen molar-refractivity contribution in [1.29, 1.82) is 0 Å². The van der Waals surface area contributed by atoms with Gasteiger partial charge in [-0.1, -0.05) is 28.1 Å². The van der Waals surface area contributed by atoms with Crippen LogP contribution in [0.2, 0.25) is 0 Å². The maximum Gasteiger partial charge on any atom is 0.297 e. The third-order valence-corrected chi connectivity index (χ3v) is 5.32. The maximum absolute atomic E-state index is 13.1. The van der Waals surface area contributed by atoms with Crippen LogP contribution in [0.25, 0.3) is 11.1 Å². The van der Waals surface area contributed by atoms with Crippen LogP contribution in [0.4, 0.5) is 11.7 Å². The van der Waals surface area contributed by atoms with Gasteiger partial charge in [-0.25, -0.2) is 0 Å². The first-order chi connectivity index (χ1) is 12.9. The molecule has 0 unspecified atom stereocenters. The summed E-state index contributed by atoms with van der Waals surface area (Å²) in [7, 11) is 3.70. The van der Waals surface area contributed by atoms with Crippen molar-refractivity contribution in [3.05, 3.63) is 52.5 Å². The lowest BCUT2D eigenvalue weighted by Gasteiger charge is -2.39. The first-order valence-electron chi connectivity index (χ1n) is 8.54. The topological polar surface area (TPSA) is 75.4 Å². The summed E-state index contributed by atoms with van der Waals surface area (Å²) in [5.74, 6) is -0.0939. The summed E-state index contributed by atoms with van der Waals surface area (Å²) in [5, 5.41) is 2.95. The number of anilines is 2. The molecule has 1 saturated carbocycles. The molecule has 138 valence electrons. The molecule has 4 rings (SSSR count). The Kier molecular flexibility index (Phi) is 4.26. The van der Waals surface area contributed by atoms with Crippen molar-refractivity contribution in [2.75, 3.05) is 24.3 Å². The van der Waals surface area contributed by atoms with E-state index in [1.54, 1.807) is 23.1 Å². The Bertz CT molecular complexity index is 1050. The fraction of sp³-hybridized carbons (Fsp3) is 0.250. The van der Waals surface area contributed by atoms with Gasteiger partial charge in [0.2, 0.25) is 5.91 Å². The van der Waals surface area contributed by atoms with Gasteiger partial charge >= 0.3 is 0 Å². The highest BCUT2D eigenvalue weighted by molar-refractivity contribution is 9.10. The Morgan fingerprint density at radius 3 is 2.67 bits per heavy atom. The fourth-order valence-corrected chi connectivity index (χ4v) is 3.74. The van der Waals surface area contributed by atoms with Gasteiger partial charge in [0.05, 0.1) is 5.41 Å². The van der Waals surface area contributed by atoms with E-state index < -0.39 is 5.41 Å². The third-order valence-electron chi connectivity index (χ3n) is 4.83. The Morgan fingerprint density at radius 2 is 2.00 bits per heavy atom. The molecule has 27 heavy (non-hydrogen) atoms. The van der Waals surface area contributed by atoms with Gasteiger partial charge < -0.3 is 14.6 Å². The van der Waals surface area contributed by atoms with E-state index in [1.807, 2.05) is 38.4 Å². The molecule has 6 nitrogen and oxygen atoms in total. The zero-order valence-electron chi connectivity index (χ0n) is 15.0. The minimum Gasteiger partial charge on any atom is -0.423 e. The van der Waals surface area contributed by atoms with Gasteiger partial charge in [-0.2, -0.15) is 4.98 Å². The van der Waals surface area contributed by atoms with E-state index in [0.717, 1.165) is 10.0 Å². The Labute approximate surface area is 164 Å². The number of nitrogens with zero attached hydrogens (tertiary/aromatic N) is 2. The Balaban J connectivity index is 1.63. The molecule has 1 amide bonds. The SMILES string of the molecule is CN(C)c1nc2cc(NC(=O)C3(c4cccc(Br)c4)CC(=O)C3)ccc2o1. The maximum atomic E-state index is 13.1. The highest BCUT2D eigenvalue weighted by atomic mass is 79.9. The number of hydrogen-bond acceptors (Lipinski definition) is 5. The number of rotatable bonds is 4. The van der Waals surface area contributed by atoms with E-state index in [2.05, 4.69) is 26.2 Å². The number of hydrogen-bond donors (Lipinski definition) is 1. The molecule has 0 radical (unpaired) electrons. The number of carbonyl (C=O) groups is 2. The predicted molar refractivity (Wildman–Crippen MR) is 107 cm³/mol. The summed E-state index contributed by atoms with van der Waals surface area (Å²) >= 11 is 3.44. The van der Waals surface area contributed by atoms with E-state index in [0.29, 0.717) is 22.8 Å². The van der Waals surface area contributed by atoms with Crippen molar-refractivity contribution in [2.45, 2.75) is 18.3 Å². The smallest absolute Gasteiger partial charge is 0.297 e. The number of nitrogens with one attached hydrogen (secondary N) is 1. The molecule has 3 aromatic rings. The molecule has 1 aliphatic carbocycles. The number of Topliss-reactive ketones (excluding diaryl/α,β-unsaturated/α-hetero) is 1. The number of amides is 1. The molecular formula is C20H18BrN3O3. The van der Waals surface area contributed by atoms with E-state index in [1.165, 1.54) is 0 Å². The van der Waals surface area contributed by atoms with Gasteiger partial charge in [-0.05, 0) is 35.9 Å². The molecule has 1 aliphatic rings. The monoisotopic (exact) mass is 427 g/mol. The van der Waals surface area contributed by atoms with E-state index in [-0.39, 0.29) is 24.5 Å². The third kappa shape index (κ3) is 3.12. The number of halogens is 1. The summed E-state index contributed by atoms with van der Waals surface area (Å²) in [5.41, 5.74) is 1.95. The zero-order valence-corrected chi connectivity index (χ0v) is 16.5. The van der Waals surface area contributed by atoms with E-state index >= 15 is 0 Å². The molecule has 0 saturated heterocycles. The summed E-state index contributed by atoms with van der Waals surface area (Å²) in [4.78, 5) is 31.0. The number of aromatic nitrogens is 1. The normalized spacial score (nSPS) is 15.4. The summed E-state index contributed by atoms with van der Waals surface area (Å²) in [6.45, 7) is 0. The second-order valence-corrected chi connectivity index (χ2v) is 7.93. The summed E-state index contributed by atoms with van der Waals surface area (Å²) in [6.07, 6.45) is 0.429. The predicted octanol–water partition coefficient (Wildman–Crippen LogP) is 3.90. The Hall–Kier alpha value is -2.67. The average molecular weight is 428 g/mol. The molecule has 0 spiro atoms. The fourth-order valence-electron chi connectivity index (χ4n) is 3.34. The summed E-state index contributed by atoms with van der Waals surface area (Å²) < 4.78 is 6.52. The highest BCUT2D eigenvalue weighted by Gasteiger charge is 2.51. The first-order valence-corrected chi connectivity index (χ1v) is 9.34. The van der Waals surface area contributed by atoms with Gasteiger partial charge in [0.15, 0.2) is 5.58 Å². The van der Waals surface area contributed by atoms with Crippen LogP contribution in [-0.4, -0.2) is 30.8 Å². The number of fused-ring (bicyclic) bond motifs is 1. The standard InChI is InChI=1S/C20H18BrN3O3/c1-24(2)19-23-16-9-14(6-7-17(16)27-19)22-18(26)20(10-15(25)11-20)12-4-3-5-13(21)8-12/h3-9H,10-11H2,1-2H3,(H,22,26). The molecule has 0 atom stereocenters. The number of oxazole rings is 1. The van der Waals surface area contributed by atoms with E-state index in [4.69, 9.17) is 4.42 Å². The summed E-state index contributed by atoms with van der Waals surface area (Å²) in [6, 6.07) is 13.4. The number of ketones is 1. The van der Waals surface area contributed by atoms with Gasteiger partial charge in [0.1, 0.15) is 11.3 Å². The molecule has 7 heteroatoms. The van der Waals surface area contributed by atoms with Gasteiger partial charge in [0.25, 0.3) is 6.01 Å². The van der Waals surface area contributed by atoms with E-state index in [9.17, 15) is 9.59 Å². The van der Waals surface area contributed by atoms with Crippen molar-refractivity contribution in [3.8, 4) is 0 Å². The average Bonchev–Trinajstić information content (AvgIpc) is 3.02. The lowest BCUT2D eigenvalue weighted by molar-refractivity contribution is -0.138. The molecule has 0 bridgehead atoms. The van der Waals surface area contributed by atoms with Gasteiger partial charge in [0, 0.05) is 37.1 Å². The highest BCUT2D eigenvalue weighted by Crippen LogP contribution is 2.43. The quantitative estimate of drug-likeness (QED) is 0.683. The van der Waals surface area contributed by atoms with Crippen molar-refractivity contribution < 1.29 is 14.0 Å². The molecule has 1 N–H and O–H groups in total. The van der Waals surface area contributed by atoms with Crippen molar-refractivity contribution in [2.24, 2.45) is 0 Å². The number of benzene rings is 2. The van der Waals surface area contributed by atoms with Crippen LogP contribution >= 0.6 is 15.9 Å². The van der Waals surface area contributed by atoms with Crippen LogP contribution in [0, 0.1) is 0 Å². The van der Waals surface area contributed by atoms with Crippen LogP contribution in [-0.2, 0) is 15.0 Å². The van der Waals surface area contributed by atoms with Gasteiger partial charge in [-0.3, -0.25) is 9.59 Å². The lowest BCUT2D eigenvalue weighted by Crippen LogP contribution is -2.51. The molecule has 2 aromatic carbocycles. The number of carbonyl (C=O) groups excluding carboxylic acids is 2. The van der Waals surface area contributed by atoms with Gasteiger partial charge in [-0.15, -0.1) is 0 Å². The molecule has 1 aromatic heterocycles. The first kappa shape index (κ1) is 17.7. The second kappa shape index (κ2) is 6.49. The molecule has 1 fully saturated rings. The largest absolute Gasteiger partial charge is 0.423 e. The van der Waals surface area contributed by atoms with Crippen LogP contribution in [0.5, 0.6) is 0 Å². The molecular weight excluding hydrogens is 410 g/mol. The van der Waals surface area contributed by atoms with Crippen molar-refractivity contribution >= 4 is 50.4 Å². The van der Waals surface area contributed by atoms with Crippen LogP contribution < -0.4 is 10.2 Å².